The molecule has 1 aromatic rings. The first-order chi connectivity index (χ1) is 9.28. The quantitative estimate of drug-likeness (QED) is 0.843. The Bertz CT molecular complexity index is 451. The van der Waals surface area contributed by atoms with Gasteiger partial charge in [-0.3, -0.25) is 0 Å². The van der Waals surface area contributed by atoms with Crippen LogP contribution in [0.4, 0.5) is 5.82 Å². The van der Waals surface area contributed by atoms with Gasteiger partial charge in [0.25, 0.3) is 0 Å². The van der Waals surface area contributed by atoms with Gasteiger partial charge in [-0.2, -0.15) is 0 Å². The second kappa shape index (κ2) is 5.43. The predicted octanol–water partition coefficient (Wildman–Crippen LogP) is 0.573. The summed E-state index contributed by atoms with van der Waals surface area (Å²) in [6.07, 6.45) is 1.03. The van der Waals surface area contributed by atoms with Gasteiger partial charge >= 0.3 is 0 Å². The van der Waals surface area contributed by atoms with E-state index in [-0.39, 0.29) is 0 Å². The summed E-state index contributed by atoms with van der Waals surface area (Å²) in [5.74, 6) is 2.08. The maximum absolute atomic E-state index is 4.72. The predicted molar refractivity (Wildman–Crippen MR) is 76.5 cm³/mol. The van der Waals surface area contributed by atoms with Crippen LogP contribution in [0.15, 0.2) is 0 Å². The van der Waals surface area contributed by atoms with Crippen LogP contribution in [0.1, 0.15) is 24.0 Å². The maximum Gasteiger partial charge on any atom is 0.137 e. The lowest BCUT2D eigenvalue weighted by molar-refractivity contribution is 0.270. The van der Waals surface area contributed by atoms with Gasteiger partial charge in [-0.1, -0.05) is 6.92 Å². The number of piperazine rings is 1. The Kier molecular flexibility index (Phi) is 3.66. The lowest BCUT2D eigenvalue weighted by atomic mass is 10.1. The first-order valence-electron chi connectivity index (χ1n) is 7.32. The number of likely N-dealkylation sites (N-methyl/N-ethyl adjacent to an activating group) is 1. The molecule has 3 heterocycles. The maximum atomic E-state index is 4.72. The fraction of sp³-hybridized carbons (Fsp3) is 0.714. The van der Waals surface area contributed by atoms with E-state index in [9.17, 15) is 0 Å². The van der Waals surface area contributed by atoms with Gasteiger partial charge < -0.3 is 15.1 Å². The number of nitrogens with zero attached hydrogens (tertiary/aromatic N) is 4. The van der Waals surface area contributed by atoms with Crippen molar-refractivity contribution in [1.82, 2.24) is 20.2 Å². The third-order valence-electron chi connectivity index (χ3n) is 4.14. The van der Waals surface area contributed by atoms with Crippen molar-refractivity contribution in [3.05, 3.63) is 17.1 Å². The zero-order chi connectivity index (χ0) is 13.2. The van der Waals surface area contributed by atoms with Crippen LogP contribution >= 0.6 is 0 Å². The molecule has 2 aliphatic rings. The molecule has 0 spiro atoms. The number of hydrogen-bond donors (Lipinski definition) is 1. The van der Waals surface area contributed by atoms with Crippen molar-refractivity contribution in [2.75, 3.05) is 44.2 Å². The van der Waals surface area contributed by atoms with E-state index < -0.39 is 0 Å². The van der Waals surface area contributed by atoms with Crippen LogP contribution in [0, 0.1) is 6.92 Å². The molecule has 2 aliphatic heterocycles. The van der Waals surface area contributed by atoms with Gasteiger partial charge in [-0.25, -0.2) is 9.97 Å². The van der Waals surface area contributed by atoms with E-state index in [1.807, 2.05) is 6.92 Å². The Morgan fingerprint density at radius 3 is 2.68 bits per heavy atom. The number of anilines is 1. The van der Waals surface area contributed by atoms with E-state index in [0.29, 0.717) is 0 Å². The SMILES string of the molecule is CCN1CCN(c2nc(C)nc3c2CNCC3)CC1. The molecular formula is C14H23N5. The van der Waals surface area contributed by atoms with Gasteiger partial charge in [-0.15, -0.1) is 0 Å². The summed E-state index contributed by atoms with van der Waals surface area (Å²) < 4.78 is 0. The number of rotatable bonds is 2. The largest absolute Gasteiger partial charge is 0.354 e. The molecule has 0 unspecified atom stereocenters. The Morgan fingerprint density at radius 2 is 1.95 bits per heavy atom. The highest BCUT2D eigenvalue weighted by molar-refractivity contribution is 5.50. The molecule has 0 aliphatic carbocycles. The lowest BCUT2D eigenvalue weighted by Gasteiger charge is -2.36. The molecule has 1 saturated heterocycles. The van der Waals surface area contributed by atoms with E-state index >= 15 is 0 Å². The van der Waals surface area contributed by atoms with Crippen LogP contribution in [0.2, 0.25) is 0 Å². The van der Waals surface area contributed by atoms with Crippen molar-refractivity contribution >= 4 is 5.82 Å². The first kappa shape index (κ1) is 12.8. The van der Waals surface area contributed by atoms with Gasteiger partial charge in [0, 0.05) is 51.3 Å². The van der Waals surface area contributed by atoms with Gasteiger partial charge in [0.15, 0.2) is 0 Å². The number of aromatic nitrogens is 2. The van der Waals surface area contributed by atoms with Crippen LogP contribution in [0.25, 0.3) is 0 Å². The van der Waals surface area contributed by atoms with Crippen molar-refractivity contribution in [1.29, 1.82) is 0 Å². The van der Waals surface area contributed by atoms with Crippen LogP contribution in [0.5, 0.6) is 0 Å². The molecule has 0 aromatic carbocycles. The second-order valence-electron chi connectivity index (χ2n) is 5.37. The topological polar surface area (TPSA) is 44.3 Å². The number of fused-ring (bicyclic) bond motifs is 1. The van der Waals surface area contributed by atoms with Crippen LogP contribution in [-0.2, 0) is 13.0 Å². The minimum atomic E-state index is 0.911. The molecule has 1 aromatic heterocycles. The molecule has 3 rings (SSSR count). The molecule has 1 N–H and O–H groups in total. The van der Waals surface area contributed by atoms with Crippen molar-refractivity contribution < 1.29 is 0 Å². The van der Waals surface area contributed by atoms with Gasteiger partial charge in [-0.05, 0) is 13.5 Å². The summed E-state index contributed by atoms with van der Waals surface area (Å²) in [7, 11) is 0. The molecule has 0 bridgehead atoms. The summed E-state index contributed by atoms with van der Waals surface area (Å²) in [4.78, 5) is 14.3. The van der Waals surface area contributed by atoms with Gasteiger partial charge in [0.2, 0.25) is 0 Å². The van der Waals surface area contributed by atoms with Crippen molar-refractivity contribution in [2.24, 2.45) is 0 Å². The van der Waals surface area contributed by atoms with Crippen molar-refractivity contribution in [3.63, 3.8) is 0 Å². The summed E-state index contributed by atoms with van der Waals surface area (Å²) >= 11 is 0. The average Bonchev–Trinajstić information content (AvgIpc) is 2.46. The van der Waals surface area contributed by atoms with E-state index in [2.05, 4.69) is 27.0 Å². The molecular weight excluding hydrogens is 238 g/mol. The fourth-order valence-corrected chi connectivity index (χ4v) is 2.98. The molecule has 0 radical (unpaired) electrons. The van der Waals surface area contributed by atoms with E-state index in [4.69, 9.17) is 4.98 Å². The van der Waals surface area contributed by atoms with Crippen LogP contribution in [-0.4, -0.2) is 54.1 Å². The molecule has 19 heavy (non-hydrogen) atoms. The minimum Gasteiger partial charge on any atom is -0.354 e. The third-order valence-corrected chi connectivity index (χ3v) is 4.14. The van der Waals surface area contributed by atoms with Crippen molar-refractivity contribution in [2.45, 2.75) is 26.8 Å². The molecule has 0 saturated carbocycles. The smallest absolute Gasteiger partial charge is 0.137 e. The first-order valence-corrected chi connectivity index (χ1v) is 7.32. The zero-order valence-corrected chi connectivity index (χ0v) is 11.9. The molecule has 1 fully saturated rings. The Balaban J connectivity index is 1.86. The summed E-state index contributed by atoms with van der Waals surface area (Å²) in [5.41, 5.74) is 2.57. The summed E-state index contributed by atoms with van der Waals surface area (Å²) in [6, 6.07) is 0. The standard InChI is InChI=1S/C14H23N5/c1-3-18-6-8-19(9-7-18)14-12-10-15-5-4-13(12)16-11(2)17-14/h15H,3-10H2,1-2H3. The highest BCUT2D eigenvalue weighted by Gasteiger charge is 2.23. The monoisotopic (exact) mass is 261 g/mol. The molecule has 0 atom stereocenters. The third kappa shape index (κ3) is 2.58. The van der Waals surface area contributed by atoms with Gasteiger partial charge in [0.1, 0.15) is 11.6 Å². The number of nitrogens with one attached hydrogen (secondary N) is 1. The number of hydrogen-bond acceptors (Lipinski definition) is 5. The second-order valence-corrected chi connectivity index (χ2v) is 5.37. The summed E-state index contributed by atoms with van der Waals surface area (Å²) in [6.45, 7) is 11.8. The Labute approximate surface area is 115 Å². The van der Waals surface area contributed by atoms with Crippen LogP contribution in [0.3, 0.4) is 0 Å². The minimum absolute atomic E-state index is 0.911. The van der Waals surface area contributed by atoms with Gasteiger partial charge in [0.05, 0.1) is 5.69 Å². The molecule has 0 amide bonds. The summed E-state index contributed by atoms with van der Waals surface area (Å²) in [5, 5.41) is 3.44. The highest BCUT2D eigenvalue weighted by atomic mass is 15.3. The van der Waals surface area contributed by atoms with E-state index in [0.717, 1.165) is 58.1 Å². The number of aryl methyl sites for hydroxylation is 1. The molecule has 5 heteroatoms. The van der Waals surface area contributed by atoms with Crippen LogP contribution < -0.4 is 10.2 Å². The zero-order valence-electron chi connectivity index (χ0n) is 11.9. The normalized spacial score (nSPS) is 20.4. The Hall–Kier alpha value is -1.20. The average molecular weight is 261 g/mol. The lowest BCUT2D eigenvalue weighted by Crippen LogP contribution is -2.47. The molecule has 104 valence electrons. The fourth-order valence-electron chi connectivity index (χ4n) is 2.98. The van der Waals surface area contributed by atoms with Crippen molar-refractivity contribution in [3.8, 4) is 0 Å². The van der Waals surface area contributed by atoms with E-state index in [1.165, 1.54) is 17.1 Å². The Morgan fingerprint density at radius 1 is 1.16 bits per heavy atom. The highest BCUT2D eigenvalue weighted by Crippen LogP contribution is 2.24. The van der Waals surface area contributed by atoms with E-state index in [1.54, 1.807) is 0 Å². The molecule has 5 nitrogen and oxygen atoms in total.